The van der Waals surface area contributed by atoms with E-state index in [1.54, 1.807) is 41.2 Å². The molecular formula is C22H24N4O7. The number of aliphatic carboxylic acids is 1. The molecule has 0 saturated heterocycles. The predicted molar refractivity (Wildman–Crippen MR) is 119 cm³/mol. The van der Waals surface area contributed by atoms with Crippen LogP contribution in [0.1, 0.15) is 12.8 Å². The fraction of sp³-hybridized carbons (Fsp3) is 0.273. The third-order valence-corrected chi connectivity index (χ3v) is 4.78. The van der Waals surface area contributed by atoms with E-state index in [0.717, 1.165) is 0 Å². The van der Waals surface area contributed by atoms with Crippen molar-refractivity contribution in [2.45, 2.75) is 12.8 Å². The zero-order valence-corrected chi connectivity index (χ0v) is 18.6. The highest BCUT2D eigenvalue weighted by molar-refractivity contribution is 5.94. The summed E-state index contributed by atoms with van der Waals surface area (Å²) in [6.45, 7) is 0. The van der Waals surface area contributed by atoms with Crippen molar-refractivity contribution in [1.29, 1.82) is 0 Å². The summed E-state index contributed by atoms with van der Waals surface area (Å²) in [5.74, 6) is 0.287. The van der Waals surface area contributed by atoms with E-state index in [9.17, 15) is 9.59 Å². The number of ether oxygens (including phenoxy) is 4. The third-order valence-electron chi connectivity index (χ3n) is 4.78. The molecule has 0 aliphatic rings. The van der Waals surface area contributed by atoms with E-state index in [-0.39, 0.29) is 12.8 Å². The lowest BCUT2D eigenvalue weighted by Gasteiger charge is -2.15. The molecule has 33 heavy (non-hydrogen) atoms. The van der Waals surface area contributed by atoms with Gasteiger partial charge in [0.25, 0.3) is 0 Å². The summed E-state index contributed by atoms with van der Waals surface area (Å²) < 4.78 is 23.1. The molecule has 2 aromatic carbocycles. The summed E-state index contributed by atoms with van der Waals surface area (Å²) in [4.78, 5) is 22.9. The first-order valence-corrected chi connectivity index (χ1v) is 9.83. The molecule has 1 amide bonds. The summed E-state index contributed by atoms with van der Waals surface area (Å²) in [5, 5.41) is 19.7. The van der Waals surface area contributed by atoms with Crippen LogP contribution in [0, 0.1) is 0 Å². The molecule has 11 heteroatoms. The Morgan fingerprint density at radius 1 is 0.939 bits per heavy atom. The molecule has 2 N–H and O–H groups in total. The molecule has 0 radical (unpaired) electrons. The number of anilines is 1. The molecule has 0 spiro atoms. The van der Waals surface area contributed by atoms with Crippen LogP contribution >= 0.6 is 0 Å². The molecule has 0 aliphatic heterocycles. The van der Waals surface area contributed by atoms with E-state index in [0.29, 0.717) is 45.6 Å². The lowest BCUT2D eigenvalue weighted by molar-refractivity contribution is -0.138. The normalized spacial score (nSPS) is 10.4. The quantitative estimate of drug-likeness (QED) is 0.472. The average Bonchev–Trinajstić information content (AvgIpc) is 3.31. The van der Waals surface area contributed by atoms with Gasteiger partial charge in [-0.2, -0.15) is 0 Å². The lowest BCUT2D eigenvalue weighted by atomic mass is 10.1. The van der Waals surface area contributed by atoms with E-state index in [4.69, 9.17) is 24.1 Å². The first-order valence-electron chi connectivity index (χ1n) is 9.83. The van der Waals surface area contributed by atoms with E-state index in [1.165, 1.54) is 28.4 Å². The van der Waals surface area contributed by atoms with Crippen LogP contribution in [0.5, 0.6) is 23.0 Å². The molecule has 1 aromatic heterocycles. The number of benzene rings is 2. The van der Waals surface area contributed by atoms with Gasteiger partial charge >= 0.3 is 5.97 Å². The third kappa shape index (κ3) is 5.14. The molecule has 0 bridgehead atoms. The van der Waals surface area contributed by atoms with Crippen molar-refractivity contribution >= 4 is 17.6 Å². The van der Waals surface area contributed by atoms with Crippen molar-refractivity contribution in [1.82, 2.24) is 15.0 Å². The van der Waals surface area contributed by atoms with E-state index in [2.05, 4.69) is 15.6 Å². The highest BCUT2D eigenvalue weighted by Crippen LogP contribution is 2.40. The maximum absolute atomic E-state index is 12.2. The number of rotatable bonds is 10. The fourth-order valence-electron chi connectivity index (χ4n) is 3.21. The number of carboxylic acid groups (broad SMARTS) is 1. The van der Waals surface area contributed by atoms with Gasteiger partial charge in [0.15, 0.2) is 11.5 Å². The Balaban J connectivity index is 2.01. The van der Waals surface area contributed by atoms with Gasteiger partial charge in [-0.1, -0.05) is 5.21 Å². The number of amides is 1. The number of hydrogen-bond donors (Lipinski definition) is 2. The Bertz CT molecular complexity index is 1130. The van der Waals surface area contributed by atoms with Gasteiger partial charge in [-0.15, -0.1) is 5.10 Å². The number of nitrogens with one attached hydrogen (secondary N) is 1. The second kappa shape index (κ2) is 10.4. The number of carbonyl (C=O) groups excluding carboxylic acids is 1. The number of nitrogens with zero attached hydrogens (tertiary/aromatic N) is 3. The topological polar surface area (TPSA) is 134 Å². The smallest absolute Gasteiger partial charge is 0.303 e. The van der Waals surface area contributed by atoms with E-state index < -0.39 is 11.9 Å². The van der Waals surface area contributed by atoms with Crippen LogP contribution in [0.4, 0.5) is 5.69 Å². The van der Waals surface area contributed by atoms with Gasteiger partial charge in [-0.3, -0.25) is 9.59 Å². The number of hydrogen-bond acceptors (Lipinski definition) is 8. The Kier molecular flexibility index (Phi) is 7.34. The number of methoxy groups -OCH3 is 4. The van der Waals surface area contributed by atoms with Gasteiger partial charge in [0.1, 0.15) is 5.75 Å². The van der Waals surface area contributed by atoms with Crippen LogP contribution in [0.2, 0.25) is 0 Å². The molecule has 0 aliphatic carbocycles. The largest absolute Gasteiger partial charge is 0.495 e. The van der Waals surface area contributed by atoms with Gasteiger partial charge in [0, 0.05) is 24.1 Å². The zero-order chi connectivity index (χ0) is 24.0. The van der Waals surface area contributed by atoms with Crippen LogP contribution in [-0.4, -0.2) is 60.4 Å². The second-order valence-corrected chi connectivity index (χ2v) is 6.77. The molecular weight excluding hydrogens is 432 g/mol. The van der Waals surface area contributed by atoms with Crippen molar-refractivity contribution in [3.63, 3.8) is 0 Å². The summed E-state index contributed by atoms with van der Waals surface area (Å²) in [5.41, 5.74) is 2.30. The summed E-state index contributed by atoms with van der Waals surface area (Å²) in [7, 11) is 6.03. The molecule has 0 unspecified atom stereocenters. The van der Waals surface area contributed by atoms with Crippen LogP contribution < -0.4 is 24.3 Å². The molecule has 0 fully saturated rings. The van der Waals surface area contributed by atoms with Crippen LogP contribution in [-0.2, 0) is 9.59 Å². The van der Waals surface area contributed by atoms with Crippen molar-refractivity contribution in [2.24, 2.45) is 0 Å². The monoisotopic (exact) mass is 456 g/mol. The fourth-order valence-corrected chi connectivity index (χ4v) is 3.21. The van der Waals surface area contributed by atoms with Gasteiger partial charge < -0.3 is 29.4 Å². The first-order chi connectivity index (χ1) is 15.9. The Morgan fingerprint density at radius 3 is 2.18 bits per heavy atom. The van der Waals surface area contributed by atoms with Crippen LogP contribution in [0.3, 0.4) is 0 Å². The second-order valence-electron chi connectivity index (χ2n) is 6.77. The minimum absolute atomic E-state index is 0.159. The van der Waals surface area contributed by atoms with Crippen LogP contribution in [0.15, 0.2) is 36.5 Å². The lowest BCUT2D eigenvalue weighted by Crippen LogP contribution is -2.14. The Labute approximate surface area is 189 Å². The van der Waals surface area contributed by atoms with E-state index >= 15 is 0 Å². The molecule has 1 heterocycles. The number of carboxylic acids is 1. The zero-order valence-electron chi connectivity index (χ0n) is 18.6. The highest BCUT2D eigenvalue weighted by Gasteiger charge is 2.18. The minimum atomic E-state index is -1.05. The average molecular weight is 456 g/mol. The molecule has 174 valence electrons. The Morgan fingerprint density at radius 2 is 1.61 bits per heavy atom. The molecule has 0 atom stereocenters. The molecule has 0 saturated carbocycles. The predicted octanol–water partition coefficient (Wildman–Crippen LogP) is 2.77. The SMILES string of the molecule is COc1ccc(-c2cnnn2-c2cc(OC)c(OC)c(OC)c2)cc1NC(=O)CCC(=O)O. The molecule has 11 nitrogen and oxygen atoms in total. The van der Waals surface area contributed by atoms with Crippen molar-refractivity contribution in [3.05, 3.63) is 36.5 Å². The number of aromatic nitrogens is 3. The van der Waals surface area contributed by atoms with Crippen molar-refractivity contribution in [3.8, 4) is 39.9 Å². The molecule has 3 rings (SSSR count). The van der Waals surface area contributed by atoms with Gasteiger partial charge in [-0.05, 0) is 18.2 Å². The van der Waals surface area contributed by atoms with Crippen LogP contribution in [0.25, 0.3) is 16.9 Å². The summed E-state index contributed by atoms with van der Waals surface area (Å²) >= 11 is 0. The first kappa shape index (κ1) is 23.4. The van der Waals surface area contributed by atoms with Gasteiger partial charge in [0.2, 0.25) is 11.7 Å². The minimum Gasteiger partial charge on any atom is -0.495 e. The standard InChI is InChI=1S/C22H24N4O7/c1-30-17-6-5-13(9-15(17)24-20(27)7-8-21(28)29)16-12-23-25-26(16)14-10-18(31-2)22(33-4)19(11-14)32-3/h5-6,9-12H,7-8H2,1-4H3,(H,24,27)(H,28,29). The number of carbonyl (C=O) groups is 2. The highest BCUT2D eigenvalue weighted by atomic mass is 16.5. The Hall–Kier alpha value is -4.28. The van der Waals surface area contributed by atoms with E-state index in [1.807, 2.05) is 0 Å². The molecule has 3 aromatic rings. The summed E-state index contributed by atoms with van der Waals surface area (Å²) in [6, 6.07) is 8.65. The van der Waals surface area contributed by atoms with Crippen molar-refractivity contribution in [2.75, 3.05) is 33.8 Å². The maximum atomic E-state index is 12.2. The maximum Gasteiger partial charge on any atom is 0.303 e. The van der Waals surface area contributed by atoms with Crippen molar-refractivity contribution < 1.29 is 33.6 Å². The van der Waals surface area contributed by atoms with Gasteiger partial charge in [-0.25, -0.2) is 4.68 Å². The summed E-state index contributed by atoms with van der Waals surface area (Å²) in [6.07, 6.45) is 1.14. The van der Waals surface area contributed by atoms with Gasteiger partial charge in [0.05, 0.1) is 58.1 Å².